The molecular weight excluding hydrogens is 446 g/mol. The molecule has 0 fully saturated rings. The fraction of sp³-hybridized carbons (Fsp3) is 0.321. The van der Waals surface area contributed by atoms with Crippen LogP contribution in [0.1, 0.15) is 18.1 Å². The third kappa shape index (κ3) is 9.31. The van der Waals surface area contributed by atoms with Crippen LogP contribution < -0.4 is 19.5 Å². The minimum Gasteiger partial charge on any atom is -0.487 e. The normalized spacial score (nSPS) is 12.4. The SMILES string of the molecule is COC(=O)COc1ccc(CC(C)NCC(O)COc2ccccc2OCc2ccccc2)cc1. The van der Waals surface area contributed by atoms with Crippen molar-refractivity contribution in [2.45, 2.75) is 32.1 Å². The third-order valence-electron chi connectivity index (χ3n) is 5.27. The molecule has 0 amide bonds. The lowest BCUT2D eigenvalue weighted by atomic mass is 10.1. The van der Waals surface area contributed by atoms with Crippen molar-refractivity contribution in [3.8, 4) is 17.2 Å². The Kier molecular flexibility index (Phi) is 10.4. The van der Waals surface area contributed by atoms with E-state index in [1.807, 2.05) is 78.9 Å². The van der Waals surface area contributed by atoms with Gasteiger partial charge in [0.1, 0.15) is 25.1 Å². The number of carbonyl (C=O) groups excluding carboxylic acids is 1. The highest BCUT2D eigenvalue weighted by Crippen LogP contribution is 2.27. The van der Waals surface area contributed by atoms with Crippen molar-refractivity contribution in [3.05, 3.63) is 90.0 Å². The van der Waals surface area contributed by atoms with Crippen LogP contribution in [0.3, 0.4) is 0 Å². The van der Waals surface area contributed by atoms with Gasteiger partial charge in [0.05, 0.1) is 7.11 Å². The van der Waals surface area contributed by atoms with Gasteiger partial charge >= 0.3 is 5.97 Å². The molecule has 0 saturated heterocycles. The summed E-state index contributed by atoms with van der Waals surface area (Å²) in [7, 11) is 1.33. The van der Waals surface area contributed by atoms with Gasteiger partial charge in [-0.2, -0.15) is 0 Å². The van der Waals surface area contributed by atoms with Gasteiger partial charge in [-0.1, -0.05) is 54.6 Å². The largest absolute Gasteiger partial charge is 0.487 e. The molecule has 0 aromatic heterocycles. The molecule has 0 bridgehead atoms. The molecule has 0 aliphatic heterocycles. The summed E-state index contributed by atoms with van der Waals surface area (Å²) in [5.74, 6) is 1.44. The van der Waals surface area contributed by atoms with Crippen LogP contribution in [0.4, 0.5) is 0 Å². The van der Waals surface area contributed by atoms with Gasteiger partial charge in [-0.25, -0.2) is 4.79 Å². The van der Waals surface area contributed by atoms with Crippen LogP contribution >= 0.6 is 0 Å². The Labute approximate surface area is 206 Å². The number of esters is 1. The molecule has 0 radical (unpaired) electrons. The Balaban J connectivity index is 1.39. The first-order valence-electron chi connectivity index (χ1n) is 11.6. The minimum absolute atomic E-state index is 0.114. The van der Waals surface area contributed by atoms with Gasteiger partial charge < -0.3 is 29.4 Å². The predicted octanol–water partition coefficient (Wildman–Crippen LogP) is 3.78. The van der Waals surface area contributed by atoms with E-state index >= 15 is 0 Å². The van der Waals surface area contributed by atoms with Gasteiger partial charge in [0.25, 0.3) is 0 Å². The molecule has 0 saturated carbocycles. The number of hydrogen-bond donors (Lipinski definition) is 2. The molecule has 35 heavy (non-hydrogen) atoms. The molecule has 186 valence electrons. The van der Waals surface area contributed by atoms with E-state index in [0.29, 0.717) is 30.4 Å². The average molecular weight is 480 g/mol. The van der Waals surface area contributed by atoms with E-state index in [9.17, 15) is 9.90 Å². The van der Waals surface area contributed by atoms with Gasteiger partial charge in [0.2, 0.25) is 0 Å². The van der Waals surface area contributed by atoms with E-state index in [0.717, 1.165) is 17.5 Å². The third-order valence-corrected chi connectivity index (χ3v) is 5.27. The minimum atomic E-state index is -0.672. The van der Waals surface area contributed by atoms with Crippen LogP contribution in [0.5, 0.6) is 17.2 Å². The van der Waals surface area contributed by atoms with Crippen molar-refractivity contribution in [1.82, 2.24) is 5.32 Å². The number of rotatable bonds is 14. The van der Waals surface area contributed by atoms with Crippen LogP contribution in [0.2, 0.25) is 0 Å². The Morgan fingerprint density at radius 1 is 0.857 bits per heavy atom. The zero-order valence-electron chi connectivity index (χ0n) is 20.2. The lowest BCUT2D eigenvalue weighted by molar-refractivity contribution is -0.142. The molecule has 7 nitrogen and oxygen atoms in total. The highest BCUT2D eigenvalue weighted by atomic mass is 16.6. The molecule has 3 rings (SSSR count). The van der Waals surface area contributed by atoms with Crippen molar-refractivity contribution in [3.63, 3.8) is 0 Å². The summed E-state index contributed by atoms with van der Waals surface area (Å²) in [4.78, 5) is 11.2. The smallest absolute Gasteiger partial charge is 0.343 e. The summed E-state index contributed by atoms with van der Waals surface area (Å²) in [6.45, 7) is 2.94. The zero-order valence-corrected chi connectivity index (χ0v) is 20.2. The first-order chi connectivity index (χ1) is 17.0. The summed E-state index contributed by atoms with van der Waals surface area (Å²) >= 11 is 0. The maximum Gasteiger partial charge on any atom is 0.343 e. The molecule has 3 aromatic carbocycles. The van der Waals surface area contributed by atoms with E-state index in [1.165, 1.54) is 7.11 Å². The summed E-state index contributed by atoms with van der Waals surface area (Å²) in [6.07, 6.45) is 0.106. The van der Waals surface area contributed by atoms with Crippen LogP contribution in [0, 0.1) is 0 Å². The Morgan fingerprint density at radius 3 is 2.20 bits per heavy atom. The number of aliphatic hydroxyl groups is 1. The molecule has 2 N–H and O–H groups in total. The van der Waals surface area contributed by atoms with Gasteiger partial charge in [-0.15, -0.1) is 0 Å². The van der Waals surface area contributed by atoms with E-state index in [-0.39, 0.29) is 19.3 Å². The number of nitrogens with one attached hydrogen (secondary N) is 1. The van der Waals surface area contributed by atoms with Gasteiger partial charge in [-0.05, 0) is 48.7 Å². The quantitative estimate of drug-likeness (QED) is 0.340. The second-order valence-corrected chi connectivity index (χ2v) is 8.21. The summed E-state index contributed by atoms with van der Waals surface area (Å²) in [5.41, 5.74) is 2.19. The number of benzene rings is 3. The first kappa shape index (κ1) is 26.1. The average Bonchev–Trinajstić information content (AvgIpc) is 2.90. The number of methoxy groups -OCH3 is 1. The topological polar surface area (TPSA) is 86.3 Å². The van der Waals surface area contributed by atoms with Crippen molar-refractivity contribution in [2.75, 3.05) is 26.9 Å². The van der Waals surface area contributed by atoms with Crippen LogP contribution in [0.25, 0.3) is 0 Å². The molecule has 0 spiro atoms. The van der Waals surface area contributed by atoms with Crippen LogP contribution in [-0.2, 0) is 22.6 Å². The van der Waals surface area contributed by atoms with Crippen LogP contribution in [0.15, 0.2) is 78.9 Å². The van der Waals surface area contributed by atoms with E-state index < -0.39 is 12.1 Å². The number of ether oxygens (including phenoxy) is 4. The Hall–Kier alpha value is -3.55. The molecule has 2 unspecified atom stereocenters. The number of para-hydroxylation sites is 2. The molecule has 0 heterocycles. The van der Waals surface area contributed by atoms with Crippen molar-refractivity contribution in [1.29, 1.82) is 0 Å². The van der Waals surface area contributed by atoms with Crippen LogP contribution in [-0.4, -0.2) is 50.1 Å². The Morgan fingerprint density at radius 2 is 1.51 bits per heavy atom. The van der Waals surface area contributed by atoms with E-state index in [4.69, 9.17) is 14.2 Å². The molecule has 3 aromatic rings. The highest BCUT2D eigenvalue weighted by Gasteiger charge is 2.11. The number of carbonyl (C=O) groups is 1. The van der Waals surface area contributed by atoms with Gasteiger partial charge in [-0.3, -0.25) is 0 Å². The molecule has 7 heteroatoms. The molecule has 2 atom stereocenters. The van der Waals surface area contributed by atoms with E-state index in [2.05, 4.69) is 17.0 Å². The monoisotopic (exact) mass is 479 g/mol. The fourth-order valence-electron chi connectivity index (χ4n) is 3.35. The number of hydrogen-bond acceptors (Lipinski definition) is 7. The van der Waals surface area contributed by atoms with Crippen molar-refractivity contribution >= 4 is 5.97 Å². The second kappa shape index (κ2) is 14.0. The zero-order chi connectivity index (χ0) is 24.9. The number of aliphatic hydroxyl groups excluding tert-OH is 1. The first-order valence-corrected chi connectivity index (χ1v) is 11.6. The summed E-state index contributed by atoms with van der Waals surface area (Å²) < 4.78 is 21.7. The highest BCUT2D eigenvalue weighted by molar-refractivity contribution is 5.70. The Bertz CT molecular complexity index is 1030. The van der Waals surface area contributed by atoms with Crippen molar-refractivity contribution in [2.24, 2.45) is 0 Å². The maximum atomic E-state index is 11.2. The maximum absolute atomic E-state index is 11.2. The van der Waals surface area contributed by atoms with Crippen molar-refractivity contribution < 1.29 is 28.8 Å². The predicted molar refractivity (Wildman–Crippen MR) is 134 cm³/mol. The lowest BCUT2D eigenvalue weighted by Crippen LogP contribution is -2.37. The van der Waals surface area contributed by atoms with E-state index in [1.54, 1.807) is 0 Å². The second-order valence-electron chi connectivity index (χ2n) is 8.21. The fourth-order valence-corrected chi connectivity index (χ4v) is 3.35. The molecular formula is C28H33NO6. The lowest BCUT2D eigenvalue weighted by Gasteiger charge is -2.19. The summed E-state index contributed by atoms with van der Waals surface area (Å²) in [6, 6.07) is 25.1. The standard InChI is InChI=1S/C28H33NO6/c1-21(16-22-12-14-25(15-13-22)33-20-28(31)32-2)29-17-24(30)19-35-27-11-7-6-10-26(27)34-18-23-8-4-3-5-9-23/h3-15,21,24,29-30H,16-20H2,1-2H3. The van der Waals surface area contributed by atoms with Gasteiger partial charge in [0.15, 0.2) is 18.1 Å². The van der Waals surface area contributed by atoms with Gasteiger partial charge in [0, 0.05) is 12.6 Å². The molecule has 0 aliphatic rings. The summed E-state index contributed by atoms with van der Waals surface area (Å²) in [5, 5.41) is 13.7. The molecule has 0 aliphatic carbocycles.